The first-order chi connectivity index (χ1) is 8.27. The molecule has 2 rings (SSSR count). The maximum absolute atomic E-state index is 12.8. The van der Waals surface area contributed by atoms with Crippen molar-refractivity contribution in [2.75, 3.05) is 13.6 Å². The van der Waals surface area contributed by atoms with Gasteiger partial charge in [0, 0.05) is 6.04 Å². The number of nitrogens with zero attached hydrogens (tertiary/aromatic N) is 1. The second-order valence-electron chi connectivity index (χ2n) is 4.40. The van der Waals surface area contributed by atoms with E-state index >= 15 is 0 Å². The van der Waals surface area contributed by atoms with Crippen LogP contribution in [0.2, 0.25) is 0 Å². The van der Waals surface area contributed by atoms with E-state index in [0.717, 1.165) is 6.54 Å². The van der Waals surface area contributed by atoms with Gasteiger partial charge in [-0.1, -0.05) is 38.8 Å². The first-order valence-corrected chi connectivity index (χ1v) is 6.73. The standard InChI is InChI=1S/C13H18FN.C2H6/c1-15-10-4-2-3-5-13(15)11-6-8-12(14)9-7-11;1-2/h6-9,13H,2-5,10H2,1H3;1-2H3. The van der Waals surface area contributed by atoms with Gasteiger partial charge in [0.15, 0.2) is 0 Å². The van der Waals surface area contributed by atoms with Crippen LogP contribution in [-0.4, -0.2) is 18.5 Å². The summed E-state index contributed by atoms with van der Waals surface area (Å²) in [5.41, 5.74) is 1.25. The maximum Gasteiger partial charge on any atom is 0.123 e. The molecule has 1 unspecified atom stereocenters. The molecule has 1 aromatic carbocycles. The van der Waals surface area contributed by atoms with Crippen molar-refractivity contribution in [3.05, 3.63) is 35.6 Å². The van der Waals surface area contributed by atoms with Gasteiger partial charge in [-0.2, -0.15) is 0 Å². The first-order valence-electron chi connectivity index (χ1n) is 6.73. The van der Waals surface area contributed by atoms with E-state index in [1.807, 2.05) is 26.0 Å². The molecular weight excluding hydrogens is 213 g/mol. The summed E-state index contributed by atoms with van der Waals surface area (Å²) in [6.07, 6.45) is 5.09. The first kappa shape index (κ1) is 14.2. The third kappa shape index (κ3) is 4.12. The Morgan fingerprint density at radius 2 is 1.71 bits per heavy atom. The Kier molecular flexibility index (Phi) is 6.20. The molecule has 0 bridgehead atoms. The molecule has 1 nitrogen and oxygen atoms in total. The minimum atomic E-state index is -0.143. The molecule has 17 heavy (non-hydrogen) atoms. The Hall–Kier alpha value is -0.890. The highest BCUT2D eigenvalue weighted by Gasteiger charge is 2.18. The van der Waals surface area contributed by atoms with Crippen LogP contribution in [0.4, 0.5) is 4.39 Å². The van der Waals surface area contributed by atoms with Gasteiger partial charge in [-0.25, -0.2) is 4.39 Å². The van der Waals surface area contributed by atoms with Gasteiger partial charge in [-0.3, -0.25) is 4.90 Å². The highest BCUT2D eigenvalue weighted by atomic mass is 19.1. The Morgan fingerprint density at radius 3 is 2.35 bits per heavy atom. The van der Waals surface area contributed by atoms with Crippen LogP contribution in [0.15, 0.2) is 24.3 Å². The van der Waals surface area contributed by atoms with E-state index in [-0.39, 0.29) is 5.82 Å². The average Bonchev–Trinajstić information content (AvgIpc) is 2.58. The fourth-order valence-corrected chi connectivity index (χ4v) is 2.36. The van der Waals surface area contributed by atoms with Gasteiger partial charge in [-0.05, 0) is 44.1 Å². The molecule has 0 N–H and O–H groups in total. The highest BCUT2D eigenvalue weighted by Crippen LogP contribution is 2.28. The molecule has 1 heterocycles. The van der Waals surface area contributed by atoms with E-state index in [1.54, 1.807) is 12.1 Å². The van der Waals surface area contributed by atoms with Crippen LogP contribution < -0.4 is 0 Å². The van der Waals surface area contributed by atoms with E-state index in [4.69, 9.17) is 0 Å². The summed E-state index contributed by atoms with van der Waals surface area (Å²) in [5, 5.41) is 0. The molecular formula is C15H24FN. The SMILES string of the molecule is CC.CN1CCCCCC1c1ccc(F)cc1. The number of hydrogen-bond donors (Lipinski definition) is 0. The summed E-state index contributed by atoms with van der Waals surface area (Å²) in [5.74, 6) is -0.143. The van der Waals surface area contributed by atoms with E-state index in [2.05, 4.69) is 11.9 Å². The lowest BCUT2D eigenvalue weighted by molar-refractivity contribution is 0.250. The molecule has 1 aromatic rings. The van der Waals surface area contributed by atoms with Gasteiger partial charge in [0.25, 0.3) is 0 Å². The van der Waals surface area contributed by atoms with E-state index in [0.29, 0.717) is 6.04 Å². The molecule has 1 aliphatic heterocycles. The zero-order valence-electron chi connectivity index (χ0n) is 11.2. The second-order valence-corrected chi connectivity index (χ2v) is 4.40. The zero-order chi connectivity index (χ0) is 12.7. The smallest absolute Gasteiger partial charge is 0.123 e. The number of rotatable bonds is 1. The number of likely N-dealkylation sites (tertiary alicyclic amines) is 1. The van der Waals surface area contributed by atoms with Crippen LogP contribution in [0.25, 0.3) is 0 Å². The summed E-state index contributed by atoms with van der Waals surface area (Å²) < 4.78 is 12.8. The molecule has 96 valence electrons. The lowest BCUT2D eigenvalue weighted by atomic mass is 10.0. The molecule has 1 saturated heterocycles. The molecule has 0 amide bonds. The van der Waals surface area contributed by atoms with Crippen molar-refractivity contribution in [2.45, 2.75) is 45.6 Å². The van der Waals surface area contributed by atoms with Crippen LogP contribution in [0.1, 0.15) is 51.1 Å². The van der Waals surface area contributed by atoms with Crippen LogP contribution in [-0.2, 0) is 0 Å². The van der Waals surface area contributed by atoms with Gasteiger partial charge in [0.1, 0.15) is 5.82 Å². The number of hydrogen-bond acceptors (Lipinski definition) is 1. The summed E-state index contributed by atoms with van der Waals surface area (Å²) in [6.45, 7) is 5.15. The van der Waals surface area contributed by atoms with Gasteiger partial charge in [0.2, 0.25) is 0 Å². The number of halogens is 1. The maximum atomic E-state index is 12.8. The van der Waals surface area contributed by atoms with Crippen LogP contribution in [0.5, 0.6) is 0 Å². The minimum absolute atomic E-state index is 0.143. The fraction of sp³-hybridized carbons (Fsp3) is 0.600. The Labute approximate surface area is 105 Å². The Bertz CT molecular complexity index is 307. The van der Waals surface area contributed by atoms with Crippen molar-refractivity contribution < 1.29 is 4.39 Å². The minimum Gasteiger partial charge on any atom is -0.299 e. The largest absolute Gasteiger partial charge is 0.299 e. The fourth-order valence-electron chi connectivity index (χ4n) is 2.36. The van der Waals surface area contributed by atoms with Crippen LogP contribution >= 0.6 is 0 Å². The normalized spacial score (nSPS) is 21.3. The van der Waals surface area contributed by atoms with Gasteiger partial charge in [-0.15, -0.1) is 0 Å². The summed E-state index contributed by atoms with van der Waals surface area (Å²) in [7, 11) is 2.17. The molecule has 0 radical (unpaired) electrons. The van der Waals surface area contributed by atoms with Crippen molar-refractivity contribution in [3.8, 4) is 0 Å². The highest BCUT2D eigenvalue weighted by molar-refractivity contribution is 5.20. The molecule has 1 atom stereocenters. The monoisotopic (exact) mass is 237 g/mol. The predicted molar refractivity (Wildman–Crippen MR) is 71.6 cm³/mol. The predicted octanol–water partition coefficient (Wildman–Crippen LogP) is 4.40. The third-order valence-electron chi connectivity index (χ3n) is 3.28. The van der Waals surface area contributed by atoms with E-state index in [1.165, 1.54) is 31.2 Å². The Morgan fingerprint density at radius 1 is 1.06 bits per heavy atom. The quantitative estimate of drug-likeness (QED) is 0.700. The van der Waals surface area contributed by atoms with E-state index < -0.39 is 0 Å². The molecule has 1 aliphatic rings. The van der Waals surface area contributed by atoms with Crippen molar-refractivity contribution in [2.24, 2.45) is 0 Å². The zero-order valence-corrected chi connectivity index (χ0v) is 11.2. The van der Waals surface area contributed by atoms with E-state index in [9.17, 15) is 4.39 Å². The van der Waals surface area contributed by atoms with Crippen LogP contribution in [0.3, 0.4) is 0 Å². The second kappa shape index (κ2) is 7.44. The van der Waals surface area contributed by atoms with Crippen molar-refractivity contribution in [3.63, 3.8) is 0 Å². The molecule has 0 spiro atoms. The average molecular weight is 237 g/mol. The van der Waals surface area contributed by atoms with Gasteiger partial charge in [0.05, 0.1) is 0 Å². The summed E-state index contributed by atoms with van der Waals surface area (Å²) in [6, 6.07) is 7.44. The molecule has 2 heteroatoms. The molecule has 1 fully saturated rings. The molecule has 0 saturated carbocycles. The number of benzene rings is 1. The van der Waals surface area contributed by atoms with Crippen LogP contribution in [0, 0.1) is 5.82 Å². The van der Waals surface area contributed by atoms with Crippen molar-refractivity contribution in [1.82, 2.24) is 4.90 Å². The topological polar surface area (TPSA) is 3.24 Å². The summed E-state index contributed by atoms with van der Waals surface area (Å²) in [4.78, 5) is 2.39. The lowest BCUT2D eigenvalue weighted by Gasteiger charge is -2.26. The Balaban J connectivity index is 0.000000686. The molecule has 0 aromatic heterocycles. The third-order valence-corrected chi connectivity index (χ3v) is 3.28. The van der Waals surface area contributed by atoms with Gasteiger partial charge >= 0.3 is 0 Å². The molecule has 0 aliphatic carbocycles. The van der Waals surface area contributed by atoms with Crippen molar-refractivity contribution >= 4 is 0 Å². The lowest BCUT2D eigenvalue weighted by Crippen LogP contribution is -2.23. The van der Waals surface area contributed by atoms with Gasteiger partial charge < -0.3 is 0 Å². The van der Waals surface area contributed by atoms with Crippen molar-refractivity contribution in [1.29, 1.82) is 0 Å². The summed E-state index contributed by atoms with van der Waals surface area (Å²) >= 11 is 0.